The van der Waals surface area contributed by atoms with Gasteiger partial charge in [-0.05, 0) is 35.6 Å². The maximum atomic E-state index is 12.9. The summed E-state index contributed by atoms with van der Waals surface area (Å²) in [6.45, 7) is 0. The normalized spacial score (nSPS) is 12.3. The average Bonchev–Trinajstić information content (AvgIpc) is 2.73. The molecule has 3 aromatic rings. The number of hydrogen-bond donors (Lipinski definition) is 0. The summed E-state index contributed by atoms with van der Waals surface area (Å²) in [5.74, 6) is 0. The molecule has 0 aliphatic rings. The fourth-order valence-electron chi connectivity index (χ4n) is 2.06. The number of hydrogen-bond acceptors (Lipinski definition) is 0. The van der Waals surface area contributed by atoms with E-state index in [1.54, 1.807) is 18.2 Å². The molecular weight excluding hydrogens is 332 g/mol. The second-order valence-electron chi connectivity index (χ2n) is 4.32. The standard InChI is InChI=1S/C13H7F3S.BF4/c14-13(15,16)9-5-3-7-11-12(9)8-4-1-2-6-10(8)17-11;2-1(3,4)5/h1-7H;/q;-1/p+1. The Morgan fingerprint density at radius 3 is 1.91 bits per heavy atom. The molecule has 2 aromatic carbocycles. The van der Waals surface area contributed by atoms with Crippen LogP contribution in [0.5, 0.6) is 0 Å². The highest BCUT2D eigenvalue weighted by molar-refractivity contribution is 7.25. The van der Waals surface area contributed by atoms with Crippen molar-refractivity contribution in [3.63, 3.8) is 0 Å². The Bertz CT molecular complexity index is 782. The first-order valence-corrected chi connectivity index (χ1v) is 6.85. The zero-order valence-electron chi connectivity index (χ0n) is 10.7. The van der Waals surface area contributed by atoms with Gasteiger partial charge in [0.2, 0.25) is 0 Å². The lowest BCUT2D eigenvalue weighted by atomic mass is 10.1. The predicted molar refractivity (Wildman–Crippen MR) is 75.9 cm³/mol. The molecule has 0 aliphatic carbocycles. The Morgan fingerprint density at radius 2 is 1.32 bits per heavy atom. The second-order valence-corrected chi connectivity index (χ2v) is 5.51. The first-order chi connectivity index (χ1) is 10.1. The van der Waals surface area contributed by atoms with Gasteiger partial charge >= 0.3 is 13.4 Å². The fraction of sp³-hybridized carbons (Fsp3) is 0.0769. The van der Waals surface area contributed by atoms with E-state index in [4.69, 9.17) is 0 Å². The summed E-state index contributed by atoms with van der Waals surface area (Å²) in [4.78, 5) is 0. The molecule has 118 valence electrons. The summed E-state index contributed by atoms with van der Waals surface area (Å²) in [5.41, 5.74) is -0.535. The molecule has 0 fully saturated rings. The van der Waals surface area contributed by atoms with Gasteiger partial charge < -0.3 is 17.3 Å². The van der Waals surface area contributed by atoms with Crippen molar-refractivity contribution in [2.24, 2.45) is 0 Å². The summed E-state index contributed by atoms with van der Waals surface area (Å²) in [5, 5.41) is 1.05. The van der Waals surface area contributed by atoms with Gasteiger partial charge in [-0.15, -0.1) is 0 Å². The molecule has 0 radical (unpaired) electrons. The maximum Gasteiger partial charge on any atom is 0.673 e. The van der Waals surface area contributed by atoms with Gasteiger partial charge in [0.15, 0.2) is 9.40 Å². The highest BCUT2D eigenvalue weighted by atomic mass is 32.1. The summed E-state index contributed by atoms with van der Waals surface area (Å²) >= 11 is 0.859. The van der Waals surface area contributed by atoms with Crippen LogP contribution in [0.25, 0.3) is 20.2 Å². The van der Waals surface area contributed by atoms with Gasteiger partial charge in [-0.2, -0.15) is 13.2 Å². The largest absolute Gasteiger partial charge is 0.673 e. The molecule has 1 heterocycles. The summed E-state index contributed by atoms with van der Waals surface area (Å²) < 4.78 is 79.5. The van der Waals surface area contributed by atoms with Crippen LogP contribution < -0.4 is 0 Å². The van der Waals surface area contributed by atoms with Crippen LogP contribution in [-0.4, -0.2) is 7.25 Å². The topological polar surface area (TPSA) is 0 Å². The molecule has 0 nitrogen and oxygen atoms in total. The first-order valence-electron chi connectivity index (χ1n) is 5.96. The zero-order valence-corrected chi connectivity index (χ0v) is 11.6. The van der Waals surface area contributed by atoms with Crippen LogP contribution in [0.1, 0.15) is 5.56 Å². The Hall–Kier alpha value is -1.77. The Morgan fingerprint density at radius 1 is 0.773 bits per heavy atom. The monoisotopic (exact) mass is 340 g/mol. The van der Waals surface area contributed by atoms with Gasteiger partial charge in [-0.25, -0.2) is 0 Å². The van der Waals surface area contributed by atoms with E-state index in [9.17, 15) is 30.4 Å². The molecular formula is C13H8BF7S. The molecule has 0 atom stereocenters. The van der Waals surface area contributed by atoms with Gasteiger partial charge in [0.25, 0.3) is 0 Å². The molecule has 0 aliphatic heterocycles. The number of benzene rings is 2. The minimum Gasteiger partial charge on any atom is -0.418 e. The molecule has 0 unspecified atom stereocenters. The van der Waals surface area contributed by atoms with Crippen molar-refractivity contribution in [3.8, 4) is 0 Å². The molecule has 22 heavy (non-hydrogen) atoms. The highest BCUT2D eigenvalue weighted by Crippen LogP contribution is 2.41. The smallest absolute Gasteiger partial charge is 0.418 e. The fourth-order valence-corrected chi connectivity index (χ4v) is 3.31. The van der Waals surface area contributed by atoms with E-state index in [0.29, 0.717) is 10.8 Å². The third kappa shape index (κ3) is 3.91. The maximum absolute atomic E-state index is 12.9. The average molecular weight is 340 g/mol. The number of halogens is 7. The van der Waals surface area contributed by atoms with Crippen LogP contribution in [0.15, 0.2) is 42.5 Å². The van der Waals surface area contributed by atoms with Crippen molar-refractivity contribution in [1.29, 1.82) is 0 Å². The van der Waals surface area contributed by atoms with Gasteiger partial charge in [0.1, 0.15) is 0 Å². The first kappa shape index (κ1) is 16.6. The minimum atomic E-state index is -6.00. The highest BCUT2D eigenvalue weighted by Gasteiger charge is 2.34. The van der Waals surface area contributed by atoms with Crippen LogP contribution in [0, 0.1) is 0 Å². The molecule has 1 aromatic heterocycles. The molecule has 0 amide bonds. The van der Waals surface area contributed by atoms with Gasteiger partial charge in [0.05, 0.1) is 10.9 Å². The molecule has 9 heteroatoms. The molecule has 0 N–H and O–H groups in total. The SMILES string of the molecule is FC(F)(F)c1cccc2[sH+]c3ccccc3c12.F[B-](F)(F)F. The second kappa shape index (κ2) is 5.79. The van der Waals surface area contributed by atoms with Crippen molar-refractivity contribution in [3.05, 3.63) is 48.0 Å². The van der Waals surface area contributed by atoms with Crippen LogP contribution in [0.4, 0.5) is 30.4 Å². The third-order valence-electron chi connectivity index (χ3n) is 2.76. The van der Waals surface area contributed by atoms with Gasteiger partial charge in [-0.1, -0.05) is 18.2 Å². The van der Waals surface area contributed by atoms with Crippen LogP contribution in [-0.2, 0) is 6.18 Å². The van der Waals surface area contributed by atoms with Crippen molar-refractivity contribution < 1.29 is 30.4 Å². The zero-order chi connectivity index (χ0) is 16.5. The summed E-state index contributed by atoms with van der Waals surface area (Å²) in [6, 6.07) is 11.6. The lowest BCUT2D eigenvalue weighted by molar-refractivity contribution is -0.136. The lowest BCUT2D eigenvalue weighted by Crippen LogP contribution is -2.04. The van der Waals surface area contributed by atoms with E-state index in [1.165, 1.54) is 6.07 Å². The number of alkyl halides is 3. The van der Waals surface area contributed by atoms with Crippen molar-refractivity contribution in [2.45, 2.75) is 6.18 Å². The van der Waals surface area contributed by atoms with Gasteiger partial charge in [-0.3, -0.25) is 0 Å². The summed E-state index contributed by atoms with van der Waals surface area (Å²) in [6.07, 6.45) is -4.29. The molecule has 0 saturated carbocycles. The van der Waals surface area contributed by atoms with Crippen LogP contribution in [0.2, 0.25) is 0 Å². The molecule has 0 spiro atoms. The van der Waals surface area contributed by atoms with E-state index in [2.05, 4.69) is 0 Å². The van der Waals surface area contributed by atoms with Crippen LogP contribution in [0.3, 0.4) is 0 Å². The van der Waals surface area contributed by atoms with E-state index in [0.717, 1.165) is 26.8 Å². The van der Waals surface area contributed by atoms with E-state index in [1.807, 2.05) is 12.1 Å². The third-order valence-corrected chi connectivity index (χ3v) is 4.01. The van der Waals surface area contributed by atoms with E-state index in [-0.39, 0.29) is 0 Å². The molecule has 3 rings (SSSR count). The number of rotatable bonds is 0. The molecule has 0 saturated heterocycles. The van der Waals surface area contributed by atoms with E-state index >= 15 is 0 Å². The Kier molecular flexibility index (Phi) is 4.37. The lowest BCUT2D eigenvalue weighted by Gasteiger charge is -2.06. The van der Waals surface area contributed by atoms with Gasteiger partial charge in [0, 0.05) is 5.39 Å². The quantitative estimate of drug-likeness (QED) is 0.263. The van der Waals surface area contributed by atoms with Crippen molar-refractivity contribution in [2.75, 3.05) is 0 Å². The Balaban J connectivity index is 0.000000309. The number of fused-ring (bicyclic) bond motifs is 3. The van der Waals surface area contributed by atoms with E-state index < -0.39 is 19.0 Å². The van der Waals surface area contributed by atoms with Crippen molar-refractivity contribution >= 4 is 38.8 Å². The summed E-state index contributed by atoms with van der Waals surface area (Å²) in [7, 11) is -6.00. The predicted octanol–water partition coefficient (Wildman–Crippen LogP) is 6.11. The van der Waals surface area contributed by atoms with Crippen LogP contribution >= 0.6 is 11.3 Å². The van der Waals surface area contributed by atoms with Crippen molar-refractivity contribution in [1.82, 2.24) is 0 Å². The number of thiophene rings is 1. The molecule has 0 bridgehead atoms. The Labute approximate surface area is 124 Å². The minimum absolute atomic E-state index is 0.345.